The third-order valence-electron chi connectivity index (χ3n) is 2.16. The molecule has 0 unspecified atom stereocenters. The molecule has 0 bridgehead atoms. The van der Waals surface area contributed by atoms with Gasteiger partial charge in [0.05, 0.1) is 17.3 Å². The Morgan fingerprint density at radius 2 is 2.21 bits per heavy atom. The molecule has 0 saturated heterocycles. The number of nitrogens with two attached hydrogens (primary N) is 1. The van der Waals surface area contributed by atoms with Crippen LogP contribution in [0.1, 0.15) is 19.4 Å². The highest BCUT2D eigenvalue weighted by Gasteiger charge is 2.31. The number of alkyl halides is 3. The Labute approximate surface area is 108 Å². The highest BCUT2D eigenvalue weighted by molar-refractivity contribution is 5.66. The zero-order valence-corrected chi connectivity index (χ0v) is 10.4. The standard InChI is InChI=1S/C11H14F3N3O2/c1-6(5-19-7(2)18)17-10-9(15)3-8(4-16-10)11(12,13)14/h3-4,6H,5,15H2,1-2H3,(H,16,17)/t6-/m1/s1. The molecule has 1 heterocycles. The SMILES string of the molecule is CC(=O)OC[C@@H](C)Nc1ncc(C(F)(F)F)cc1N. The molecule has 1 atom stereocenters. The average molecular weight is 277 g/mol. The Balaban J connectivity index is 2.72. The molecule has 0 radical (unpaired) electrons. The van der Waals surface area contributed by atoms with Gasteiger partial charge >= 0.3 is 12.1 Å². The van der Waals surface area contributed by atoms with Crippen LogP contribution in [0.25, 0.3) is 0 Å². The van der Waals surface area contributed by atoms with Gasteiger partial charge in [-0.2, -0.15) is 13.2 Å². The van der Waals surface area contributed by atoms with Gasteiger partial charge in [-0.3, -0.25) is 4.79 Å². The molecule has 19 heavy (non-hydrogen) atoms. The van der Waals surface area contributed by atoms with Crippen molar-refractivity contribution >= 4 is 17.5 Å². The molecule has 1 rings (SSSR count). The number of rotatable bonds is 4. The first-order valence-electron chi connectivity index (χ1n) is 5.42. The summed E-state index contributed by atoms with van der Waals surface area (Å²) in [4.78, 5) is 14.2. The van der Waals surface area contributed by atoms with Gasteiger partial charge in [0.2, 0.25) is 0 Å². The van der Waals surface area contributed by atoms with E-state index in [9.17, 15) is 18.0 Å². The van der Waals surface area contributed by atoms with E-state index in [0.717, 1.165) is 6.07 Å². The number of anilines is 2. The fourth-order valence-electron chi connectivity index (χ4n) is 1.27. The Bertz CT molecular complexity index is 463. The van der Waals surface area contributed by atoms with Crippen molar-refractivity contribution in [2.45, 2.75) is 26.1 Å². The zero-order valence-electron chi connectivity index (χ0n) is 10.4. The third-order valence-corrected chi connectivity index (χ3v) is 2.16. The number of halogens is 3. The van der Waals surface area contributed by atoms with Crippen LogP contribution in [0, 0.1) is 0 Å². The number of nitrogens with zero attached hydrogens (tertiary/aromatic N) is 1. The second kappa shape index (κ2) is 5.77. The van der Waals surface area contributed by atoms with Crippen LogP contribution < -0.4 is 11.1 Å². The molecule has 1 aromatic rings. The molecule has 0 spiro atoms. The van der Waals surface area contributed by atoms with Crippen LogP contribution in [0.3, 0.4) is 0 Å². The van der Waals surface area contributed by atoms with E-state index in [2.05, 4.69) is 10.3 Å². The molecular formula is C11H14F3N3O2. The summed E-state index contributed by atoms with van der Waals surface area (Å²) in [5.74, 6) is -0.324. The summed E-state index contributed by atoms with van der Waals surface area (Å²) in [5, 5.41) is 2.76. The topological polar surface area (TPSA) is 77.2 Å². The van der Waals surface area contributed by atoms with Gasteiger partial charge in [-0.05, 0) is 13.0 Å². The van der Waals surface area contributed by atoms with E-state index in [1.807, 2.05) is 0 Å². The molecule has 0 aromatic carbocycles. The van der Waals surface area contributed by atoms with Gasteiger partial charge in [0, 0.05) is 13.1 Å². The first kappa shape index (κ1) is 15.1. The fraction of sp³-hybridized carbons (Fsp3) is 0.455. The van der Waals surface area contributed by atoms with E-state index >= 15 is 0 Å². The molecule has 106 valence electrons. The fourth-order valence-corrected chi connectivity index (χ4v) is 1.27. The highest BCUT2D eigenvalue weighted by Crippen LogP contribution is 2.31. The Kier molecular flexibility index (Phi) is 4.57. The lowest BCUT2D eigenvalue weighted by molar-refractivity contribution is -0.141. The number of pyridine rings is 1. The molecule has 1 aromatic heterocycles. The van der Waals surface area contributed by atoms with Crippen LogP contribution in [-0.4, -0.2) is 23.6 Å². The molecule has 0 aliphatic carbocycles. The number of esters is 1. The number of nitrogen functional groups attached to an aromatic ring is 1. The smallest absolute Gasteiger partial charge is 0.417 e. The number of ether oxygens (including phenoxy) is 1. The van der Waals surface area contributed by atoms with Crippen LogP contribution in [0.2, 0.25) is 0 Å². The van der Waals surface area contributed by atoms with Gasteiger partial charge < -0.3 is 15.8 Å². The van der Waals surface area contributed by atoms with E-state index in [1.165, 1.54) is 6.92 Å². The summed E-state index contributed by atoms with van der Waals surface area (Å²) >= 11 is 0. The van der Waals surface area contributed by atoms with Crippen LogP contribution in [-0.2, 0) is 15.7 Å². The van der Waals surface area contributed by atoms with Crippen molar-refractivity contribution in [1.29, 1.82) is 0 Å². The van der Waals surface area contributed by atoms with Crippen LogP contribution in [0.4, 0.5) is 24.7 Å². The van der Waals surface area contributed by atoms with Crippen LogP contribution in [0.15, 0.2) is 12.3 Å². The minimum absolute atomic E-state index is 0.0669. The lowest BCUT2D eigenvalue weighted by Crippen LogP contribution is -2.24. The Morgan fingerprint density at radius 3 is 2.68 bits per heavy atom. The second-order valence-electron chi connectivity index (χ2n) is 4.01. The molecule has 8 heteroatoms. The van der Waals surface area contributed by atoms with Gasteiger partial charge in [-0.25, -0.2) is 4.98 Å². The Hall–Kier alpha value is -1.99. The maximum atomic E-state index is 12.4. The molecule has 0 fully saturated rings. The highest BCUT2D eigenvalue weighted by atomic mass is 19.4. The number of nitrogens with one attached hydrogen (secondary N) is 1. The number of hydrogen-bond acceptors (Lipinski definition) is 5. The zero-order chi connectivity index (χ0) is 14.6. The molecule has 0 aliphatic heterocycles. The van der Waals surface area contributed by atoms with E-state index in [1.54, 1.807) is 6.92 Å². The summed E-state index contributed by atoms with van der Waals surface area (Å²) in [6.07, 6.45) is -3.79. The van der Waals surface area contributed by atoms with Gasteiger partial charge in [0.15, 0.2) is 0 Å². The van der Waals surface area contributed by atoms with E-state index < -0.39 is 17.7 Å². The number of aromatic nitrogens is 1. The van der Waals surface area contributed by atoms with Crippen molar-refractivity contribution in [1.82, 2.24) is 4.98 Å². The maximum absolute atomic E-state index is 12.4. The molecule has 3 N–H and O–H groups in total. The molecule has 0 saturated carbocycles. The van der Waals surface area contributed by atoms with E-state index in [4.69, 9.17) is 10.5 Å². The number of carbonyl (C=O) groups excluding carboxylic acids is 1. The van der Waals surface area contributed by atoms with Crippen molar-refractivity contribution in [2.24, 2.45) is 0 Å². The van der Waals surface area contributed by atoms with E-state index in [0.29, 0.717) is 6.20 Å². The lowest BCUT2D eigenvalue weighted by atomic mass is 10.2. The van der Waals surface area contributed by atoms with Crippen molar-refractivity contribution < 1.29 is 22.7 Å². The predicted molar refractivity (Wildman–Crippen MR) is 63.4 cm³/mol. The lowest BCUT2D eigenvalue weighted by Gasteiger charge is -2.16. The molecular weight excluding hydrogens is 263 g/mol. The Morgan fingerprint density at radius 1 is 1.58 bits per heavy atom. The average Bonchev–Trinajstić information content (AvgIpc) is 2.27. The van der Waals surface area contributed by atoms with Crippen LogP contribution >= 0.6 is 0 Å². The summed E-state index contributed by atoms with van der Waals surface area (Å²) in [7, 11) is 0. The van der Waals surface area contributed by atoms with Crippen molar-refractivity contribution in [3.8, 4) is 0 Å². The monoisotopic (exact) mass is 277 g/mol. The summed E-state index contributed by atoms with van der Waals surface area (Å²) in [6.45, 7) is 3.01. The predicted octanol–water partition coefficient (Wildman–Crippen LogP) is 2.05. The number of carbonyl (C=O) groups is 1. The quantitative estimate of drug-likeness (QED) is 0.824. The van der Waals surface area contributed by atoms with Crippen molar-refractivity contribution in [3.63, 3.8) is 0 Å². The minimum atomic E-state index is -4.48. The number of hydrogen-bond donors (Lipinski definition) is 2. The third kappa shape index (κ3) is 4.65. The molecule has 0 amide bonds. The van der Waals surface area contributed by atoms with E-state index in [-0.39, 0.29) is 24.2 Å². The van der Waals surface area contributed by atoms with Gasteiger partial charge in [0.1, 0.15) is 12.4 Å². The summed E-state index contributed by atoms with van der Waals surface area (Å²) < 4.78 is 41.9. The first-order valence-corrected chi connectivity index (χ1v) is 5.42. The molecule has 5 nitrogen and oxygen atoms in total. The largest absolute Gasteiger partial charge is 0.464 e. The normalized spacial score (nSPS) is 12.9. The van der Waals surface area contributed by atoms with Crippen molar-refractivity contribution in [3.05, 3.63) is 17.8 Å². The maximum Gasteiger partial charge on any atom is 0.417 e. The van der Waals surface area contributed by atoms with Gasteiger partial charge in [0.25, 0.3) is 0 Å². The second-order valence-corrected chi connectivity index (χ2v) is 4.01. The van der Waals surface area contributed by atoms with Gasteiger partial charge in [-0.15, -0.1) is 0 Å². The van der Waals surface area contributed by atoms with Gasteiger partial charge in [-0.1, -0.05) is 0 Å². The minimum Gasteiger partial charge on any atom is -0.464 e. The summed E-state index contributed by atoms with van der Waals surface area (Å²) in [5.41, 5.74) is 4.46. The van der Waals surface area contributed by atoms with Crippen LogP contribution in [0.5, 0.6) is 0 Å². The summed E-state index contributed by atoms with van der Waals surface area (Å²) in [6, 6.07) is 0.476. The first-order chi connectivity index (χ1) is 8.70. The van der Waals surface area contributed by atoms with Crippen molar-refractivity contribution in [2.75, 3.05) is 17.7 Å². The molecule has 0 aliphatic rings.